The van der Waals surface area contributed by atoms with Gasteiger partial charge >= 0.3 is 0 Å². The molecule has 100 valence electrons. The highest BCUT2D eigenvalue weighted by Gasteiger charge is 2.13. The molecule has 0 unspecified atom stereocenters. The summed E-state index contributed by atoms with van der Waals surface area (Å²) in [7, 11) is 0. The first-order valence-corrected chi connectivity index (χ1v) is 6.32. The van der Waals surface area contributed by atoms with E-state index in [1.165, 1.54) is 6.07 Å². The number of aliphatic hydroxyl groups is 1. The third-order valence-corrected chi connectivity index (χ3v) is 2.97. The molecule has 19 heavy (non-hydrogen) atoms. The fraction of sp³-hybridized carbons (Fsp3) is 0.250. The normalized spacial score (nSPS) is 12.2. The largest absolute Gasteiger partial charge is 0.454 e. The highest BCUT2D eigenvalue weighted by molar-refractivity contribution is 5.40. The van der Waals surface area contributed by atoms with Gasteiger partial charge < -0.3 is 9.84 Å². The van der Waals surface area contributed by atoms with Gasteiger partial charge in [-0.15, -0.1) is 0 Å². The number of rotatable bonds is 4. The van der Waals surface area contributed by atoms with E-state index in [1.807, 2.05) is 19.9 Å². The summed E-state index contributed by atoms with van der Waals surface area (Å²) in [6.45, 7) is 3.76. The van der Waals surface area contributed by atoms with Gasteiger partial charge in [0.25, 0.3) is 0 Å². The molecule has 1 N–H and O–H groups in total. The van der Waals surface area contributed by atoms with Crippen LogP contribution in [0.25, 0.3) is 0 Å². The van der Waals surface area contributed by atoms with Gasteiger partial charge in [-0.3, -0.25) is 0 Å². The van der Waals surface area contributed by atoms with Gasteiger partial charge in [0.05, 0.1) is 6.10 Å². The van der Waals surface area contributed by atoms with Crippen molar-refractivity contribution in [1.29, 1.82) is 0 Å². The highest BCUT2D eigenvalue weighted by Crippen LogP contribution is 2.32. The molecule has 0 amide bonds. The summed E-state index contributed by atoms with van der Waals surface area (Å²) < 4.78 is 19.3. The van der Waals surface area contributed by atoms with Crippen LogP contribution in [0.5, 0.6) is 11.5 Å². The maximum Gasteiger partial charge on any atom is 0.165 e. The lowest BCUT2D eigenvalue weighted by molar-refractivity contribution is 0.170. The van der Waals surface area contributed by atoms with Gasteiger partial charge in [-0.25, -0.2) is 4.39 Å². The minimum absolute atomic E-state index is 0.177. The van der Waals surface area contributed by atoms with Crippen molar-refractivity contribution >= 4 is 0 Å². The summed E-state index contributed by atoms with van der Waals surface area (Å²) in [4.78, 5) is 0. The Kier molecular flexibility index (Phi) is 4.17. The molecule has 2 aromatic rings. The smallest absolute Gasteiger partial charge is 0.165 e. The molecule has 0 saturated heterocycles. The van der Waals surface area contributed by atoms with Crippen LogP contribution in [0.15, 0.2) is 42.5 Å². The molecule has 1 atom stereocenters. The third-order valence-electron chi connectivity index (χ3n) is 2.97. The van der Waals surface area contributed by atoms with Crippen LogP contribution in [0.1, 0.15) is 30.6 Å². The van der Waals surface area contributed by atoms with Gasteiger partial charge in [0, 0.05) is 5.56 Å². The standard InChI is InChI=1S/C16H17FO2/c1-3-14(18)12-6-4-5-7-15(12)19-16-10-11(2)8-9-13(16)17/h4-10,14,18H,3H2,1-2H3/t14-/m1/s1. The number of hydrogen-bond acceptors (Lipinski definition) is 2. The molecule has 0 radical (unpaired) electrons. The lowest BCUT2D eigenvalue weighted by Gasteiger charge is -2.15. The van der Waals surface area contributed by atoms with E-state index in [-0.39, 0.29) is 5.75 Å². The Balaban J connectivity index is 2.35. The van der Waals surface area contributed by atoms with Crippen LogP contribution in [0.2, 0.25) is 0 Å². The maximum absolute atomic E-state index is 13.7. The quantitative estimate of drug-likeness (QED) is 0.884. The second-order valence-electron chi connectivity index (χ2n) is 4.50. The van der Waals surface area contributed by atoms with Crippen LogP contribution < -0.4 is 4.74 Å². The van der Waals surface area contributed by atoms with Gasteiger partial charge in [0.15, 0.2) is 11.6 Å². The van der Waals surface area contributed by atoms with Crippen LogP contribution in [0.3, 0.4) is 0 Å². The van der Waals surface area contributed by atoms with E-state index in [1.54, 1.807) is 30.3 Å². The first-order chi connectivity index (χ1) is 9.11. The highest BCUT2D eigenvalue weighted by atomic mass is 19.1. The first-order valence-electron chi connectivity index (χ1n) is 6.32. The zero-order valence-corrected chi connectivity index (χ0v) is 11.1. The number of para-hydroxylation sites is 1. The van der Waals surface area contributed by atoms with E-state index in [0.29, 0.717) is 17.7 Å². The molecule has 3 heteroatoms. The number of halogens is 1. The van der Waals surface area contributed by atoms with E-state index in [9.17, 15) is 9.50 Å². The lowest BCUT2D eigenvalue weighted by Crippen LogP contribution is -1.99. The molecule has 0 aliphatic rings. The number of aryl methyl sites for hydroxylation is 1. The Labute approximate surface area is 112 Å². The molecule has 0 aliphatic carbocycles. The van der Waals surface area contributed by atoms with Crippen molar-refractivity contribution in [2.24, 2.45) is 0 Å². The predicted octanol–water partition coefficient (Wildman–Crippen LogP) is 4.37. The van der Waals surface area contributed by atoms with E-state index in [4.69, 9.17) is 4.74 Å². The molecule has 2 aromatic carbocycles. The fourth-order valence-corrected chi connectivity index (χ4v) is 1.88. The lowest BCUT2D eigenvalue weighted by atomic mass is 10.1. The number of hydrogen-bond donors (Lipinski definition) is 1. The first kappa shape index (κ1) is 13.6. The Morgan fingerprint density at radius 1 is 1.16 bits per heavy atom. The molecule has 0 spiro atoms. The van der Waals surface area contributed by atoms with Crippen molar-refractivity contribution in [2.75, 3.05) is 0 Å². The Bertz CT molecular complexity index is 566. The van der Waals surface area contributed by atoms with Crippen molar-refractivity contribution in [2.45, 2.75) is 26.4 Å². The van der Waals surface area contributed by atoms with Crippen molar-refractivity contribution in [3.63, 3.8) is 0 Å². The molecule has 0 aromatic heterocycles. The molecule has 0 bridgehead atoms. The summed E-state index contributed by atoms with van der Waals surface area (Å²) in [5.74, 6) is 0.253. The predicted molar refractivity (Wildman–Crippen MR) is 72.9 cm³/mol. The molecular weight excluding hydrogens is 243 g/mol. The third kappa shape index (κ3) is 3.12. The molecule has 2 rings (SSSR count). The Morgan fingerprint density at radius 3 is 2.63 bits per heavy atom. The minimum Gasteiger partial charge on any atom is -0.454 e. The Hall–Kier alpha value is -1.87. The molecular formula is C16H17FO2. The van der Waals surface area contributed by atoms with Gasteiger partial charge in [-0.1, -0.05) is 31.2 Å². The Morgan fingerprint density at radius 2 is 1.89 bits per heavy atom. The molecule has 0 aliphatic heterocycles. The molecule has 0 heterocycles. The zero-order chi connectivity index (χ0) is 13.8. The molecule has 0 saturated carbocycles. The van der Waals surface area contributed by atoms with Crippen LogP contribution in [0.4, 0.5) is 4.39 Å². The van der Waals surface area contributed by atoms with Crippen LogP contribution in [-0.4, -0.2) is 5.11 Å². The van der Waals surface area contributed by atoms with Crippen molar-refractivity contribution in [1.82, 2.24) is 0 Å². The second-order valence-corrected chi connectivity index (χ2v) is 4.50. The summed E-state index contributed by atoms with van der Waals surface area (Å²) in [6, 6.07) is 11.9. The number of aliphatic hydroxyl groups excluding tert-OH is 1. The van der Waals surface area contributed by atoms with E-state index in [2.05, 4.69) is 0 Å². The SMILES string of the molecule is CC[C@@H](O)c1ccccc1Oc1cc(C)ccc1F. The van der Waals surface area contributed by atoms with Crippen LogP contribution in [0, 0.1) is 12.7 Å². The topological polar surface area (TPSA) is 29.5 Å². The van der Waals surface area contributed by atoms with Crippen molar-refractivity contribution < 1.29 is 14.2 Å². The summed E-state index contributed by atoms with van der Waals surface area (Å²) in [5.41, 5.74) is 1.59. The van der Waals surface area contributed by atoms with Gasteiger partial charge in [0.2, 0.25) is 0 Å². The minimum atomic E-state index is -0.607. The van der Waals surface area contributed by atoms with E-state index < -0.39 is 11.9 Å². The number of benzene rings is 2. The van der Waals surface area contributed by atoms with Crippen molar-refractivity contribution in [3.8, 4) is 11.5 Å². The second kappa shape index (κ2) is 5.85. The van der Waals surface area contributed by atoms with Gasteiger partial charge in [0.1, 0.15) is 5.75 Å². The number of ether oxygens (including phenoxy) is 1. The summed E-state index contributed by atoms with van der Waals surface area (Å²) in [6.07, 6.45) is -0.0273. The van der Waals surface area contributed by atoms with Gasteiger partial charge in [-0.2, -0.15) is 0 Å². The average molecular weight is 260 g/mol. The van der Waals surface area contributed by atoms with Gasteiger partial charge in [-0.05, 0) is 37.1 Å². The summed E-state index contributed by atoms with van der Waals surface area (Å²) in [5, 5.41) is 9.94. The molecule has 0 fully saturated rings. The monoisotopic (exact) mass is 260 g/mol. The van der Waals surface area contributed by atoms with E-state index in [0.717, 1.165) is 5.56 Å². The van der Waals surface area contributed by atoms with Crippen LogP contribution >= 0.6 is 0 Å². The molecule has 2 nitrogen and oxygen atoms in total. The summed E-state index contributed by atoms with van der Waals surface area (Å²) >= 11 is 0. The maximum atomic E-state index is 13.7. The zero-order valence-electron chi connectivity index (χ0n) is 11.1. The van der Waals surface area contributed by atoms with Crippen LogP contribution in [-0.2, 0) is 0 Å². The average Bonchev–Trinajstić information content (AvgIpc) is 2.42. The van der Waals surface area contributed by atoms with Crippen molar-refractivity contribution in [3.05, 3.63) is 59.4 Å². The van der Waals surface area contributed by atoms with E-state index >= 15 is 0 Å². The fourth-order valence-electron chi connectivity index (χ4n) is 1.88.